The van der Waals surface area contributed by atoms with Gasteiger partial charge in [-0.25, -0.2) is 0 Å². The molecule has 28 heavy (non-hydrogen) atoms. The van der Waals surface area contributed by atoms with Crippen LogP contribution in [-0.4, -0.2) is 23.8 Å². The lowest BCUT2D eigenvalue weighted by Gasteiger charge is -2.11. The van der Waals surface area contributed by atoms with Gasteiger partial charge >= 0.3 is 0 Å². The smallest absolute Gasteiger partial charge is 0.234 e. The van der Waals surface area contributed by atoms with Crippen LogP contribution in [0, 0.1) is 20.8 Å². The van der Waals surface area contributed by atoms with Gasteiger partial charge in [0.1, 0.15) is 5.75 Å². The SMILES string of the molecule is COc1ccc(C)cc1NC(=O)CSCc1cc(=O)c2ccc(C)c(C)c2[nH]1. The fraction of sp³-hybridized carbons (Fsp3) is 0.273. The molecule has 5 nitrogen and oxygen atoms in total. The van der Waals surface area contributed by atoms with E-state index in [2.05, 4.69) is 10.3 Å². The number of nitrogens with one attached hydrogen (secondary N) is 2. The highest BCUT2D eigenvalue weighted by atomic mass is 32.2. The van der Waals surface area contributed by atoms with Crippen LogP contribution in [0.4, 0.5) is 5.69 Å². The van der Waals surface area contributed by atoms with Gasteiger partial charge in [-0.05, 0) is 55.7 Å². The number of thioether (sulfide) groups is 1. The third kappa shape index (κ3) is 4.39. The largest absolute Gasteiger partial charge is 0.495 e. The second kappa shape index (κ2) is 8.52. The molecule has 0 radical (unpaired) electrons. The molecule has 1 amide bonds. The first-order valence-electron chi connectivity index (χ1n) is 9.03. The van der Waals surface area contributed by atoms with E-state index in [0.29, 0.717) is 22.6 Å². The predicted molar refractivity (Wildman–Crippen MR) is 117 cm³/mol. The Morgan fingerprint density at radius 3 is 2.68 bits per heavy atom. The van der Waals surface area contributed by atoms with Crippen LogP contribution >= 0.6 is 11.8 Å². The Labute approximate surface area is 168 Å². The minimum atomic E-state index is -0.107. The predicted octanol–water partition coefficient (Wildman–Crippen LogP) is 4.33. The maximum Gasteiger partial charge on any atom is 0.234 e. The normalized spacial score (nSPS) is 10.9. The molecule has 6 heteroatoms. The molecule has 1 heterocycles. The summed E-state index contributed by atoms with van der Waals surface area (Å²) in [5.41, 5.74) is 5.61. The lowest BCUT2D eigenvalue weighted by atomic mass is 10.0. The second-order valence-electron chi connectivity index (χ2n) is 6.83. The highest BCUT2D eigenvalue weighted by molar-refractivity contribution is 7.99. The number of fused-ring (bicyclic) bond motifs is 1. The van der Waals surface area contributed by atoms with Gasteiger partial charge in [-0.3, -0.25) is 9.59 Å². The van der Waals surface area contributed by atoms with Gasteiger partial charge in [-0.15, -0.1) is 11.8 Å². The van der Waals surface area contributed by atoms with Crippen molar-refractivity contribution in [3.63, 3.8) is 0 Å². The van der Waals surface area contributed by atoms with Gasteiger partial charge in [0.15, 0.2) is 5.43 Å². The minimum Gasteiger partial charge on any atom is -0.495 e. The zero-order valence-corrected chi connectivity index (χ0v) is 17.3. The Bertz CT molecular complexity index is 1090. The maximum atomic E-state index is 12.4. The van der Waals surface area contributed by atoms with Crippen molar-refractivity contribution in [1.29, 1.82) is 0 Å². The number of rotatable bonds is 6. The number of pyridine rings is 1. The molecule has 0 aliphatic carbocycles. The number of aromatic nitrogens is 1. The van der Waals surface area contributed by atoms with Crippen LogP contribution < -0.4 is 15.5 Å². The number of benzene rings is 2. The van der Waals surface area contributed by atoms with Crippen molar-refractivity contribution in [2.24, 2.45) is 0 Å². The molecule has 2 N–H and O–H groups in total. The number of amides is 1. The quantitative estimate of drug-likeness (QED) is 0.650. The summed E-state index contributed by atoms with van der Waals surface area (Å²) < 4.78 is 5.29. The molecular formula is C22H24N2O3S. The first kappa shape index (κ1) is 20.0. The summed E-state index contributed by atoms with van der Waals surface area (Å²) >= 11 is 1.46. The summed E-state index contributed by atoms with van der Waals surface area (Å²) in [6.45, 7) is 6.00. The lowest BCUT2D eigenvalue weighted by Crippen LogP contribution is -2.15. The molecule has 0 atom stereocenters. The van der Waals surface area contributed by atoms with Crippen LogP contribution in [0.15, 0.2) is 41.2 Å². The molecule has 0 bridgehead atoms. The first-order chi connectivity index (χ1) is 13.4. The molecule has 0 saturated heterocycles. The van der Waals surface area contributed by atoms with Crippen molar-refractivity contribution in [2.75, 3.05) is 18.2 Å². The van der Waals surface area contributed by atoms with Crippen molar-refractivity contribution in [2.45, 2.75) is 26.5 Å². The zero-order chi connectivity index (χ0) is 20.3. The summed E-state index contributed by atoms with van der Waals surface area (Å²) in [5.74, 6) is 1.36. The standard InChI is InChI=1S/C22H24N2O3S/c1-13-5-8-20(27-4)18(9-13)24-21(26)12-28-11-16-10-19(25)17-7-6-14(2)15(3)22(17)23-16/h5-10H,11-12H2,1-4H3,(H,23,25)(H,24,26). The molecule has 146 valence electrons. The third-order valence-corrected chi connectivity index (χ3v) is 5.69. The van der Waals surface area contributed by atoms with E-state index in [0.717, 1.165) is 27.9 Å². The van der Waals surface area contributed by atoms with E-state index in [-0.39, 0.29) is 17.1 Å². The molecular weight excluding hydrogens is 372 g/mol. The topological polar surface area (TPSA) is 71.2 Å². The Hall–Kier alpha value is -2.73. The summed E-state index contributed by atoms with van der Waals surface area (Å²) in [6.07, 6.45) is 0. The van der Waals surface area contributed by atoms with Crippen molar-refractivity contribution in [3.05, 3.63) is 69.0 Å². The van der Waals surface area contributed by atoms with Gasteiger partial charge in [-0.2, -0.15) is 0 Å². The molecule has 3 aromatic rings. The number of ether oxygens (including phenoxy) is 1. The second-order valence-corrected chi connectivity index (χ2v) is 7.82. The van der Waals surface area contributed by atoms with E-state index in [1.807, 2.05) is 51.1 Å². The van der Waals surface area contributed by atoms with E-state index >= 15 is 0 Å². The van der Waals surface area contributed by atoms with Crippen molar-refractivity contribution >= 4 is 34.3 Å². The fourth-order valence-electron chi connectivity index (χ4n) is 3.05. The number of aromatic amines is 1. The summed E-state index contributed by atoms with van der Waals surface area (Å²) in [4.78, 5) is 28.0. The fourth-order valence-corrected chi connectivity index (χ4v) is 3.79. The van der Waals surface area contributed by atoms with Crippen LogP contribution in [0.3, 0.4) is 0 Å². The average molecular weight is 397 g/mol. The molecule has 0 unspecified atom stereocenters. The molecule has 3 rings (SSSR count). The van der Waals surface area contributed by atoms with Gasteiger partial charge in [0.05, 0.1) is 24.1 Å². The highest BCUT2D eigenvalue weighted by Gasteiger charge is 2.10. The minimum absolute atomic E-state index is 0.00130. The zero-order valence-electron chi connectivity index (χ0n) is 16.5. The van der Waals surface area contributed by atoms with Crippen LogP contribution in [-0.2, 0) is 10.5 Å². The Balaban J connectivity index is 1.67. The van der Waals surface area contributed by atoms with E-state index in [1.54, 1.807) is 13.2 Å². The number of hydrogen-bond acceptors (Lipinski definition) is 4. The first-order valence-corrected chi connectivity index (χ1v) is 10.2. The number of carbonyl (C=O) groups is 1. The summed E-state index contributed by atoms with van der Waals surface area (Å²) in [5, 5.41) is 3.58. The average Bonchev–Trinajstić information content (AvgIpc) is 2.65. The molecule has 0 aliphatic rings. The van der Waals surface area contributed by atoms with Gasteiger partial charge in [0.25, 0.3) is 0 Å². The van der Waals surface area contributed by atoms with Gasteiger partial charge in [-0.1, -0.05) is 12.1 Å². The maximum absolute atomic E-state index is 12.4. The number of methoxy groups -OCH3 is 1. The molecule has 0 saturated carbocycles. The number of aryl methyl sites for hydroxylation is 3. The van der Waals surface area contributed by atoms with E-state index in [1.165, 1.54) is 11.8 Å². The van der Waals surface area contributed by atoms with Gasteiger partial charge in [0.2, 0.25) is 5.91 Å². The van der Waals surface area contributed by atoms with Crippen LogP contribution in [0.1, 0.15) is 22.4 Å². The molecule has 0 fully saturated rings. The number of hydrogen-bond donors (Lipinski definition) is 2. The van der Waals surface area contributed by atoms with Crippen LogP contribution in [0.2, 0.25) is 0 Å². The highest BCUT2D eigenvalue weighted by Crippen LogP contribution is 2.25. The number of carbonyl (C=O) groups excluding carboxylic acids is 1. The van der Waals surface area contributed by atoms with Crippen LogP contribution in [0.25, 0.3) is 10.9 Å². The summed E-state index contributed by atoms with van der Waals surface area (Å²) in [6, 6.07) is 11.1. The summed E-state index contributed by atoms with van der Waals surface area (Å²) in [7, 11) is 1.58. The molecule has 0 aliphatic heterocycles. The van der Waals surface area contributed by atoms with E-state index in [9.17, 15) is 9.59 Å². The van der Waals surface area contributed by atoms with Crippen molar-refractivity contribution in [3.8, 4) is 5.75 Å². The third-order valence-electron chi connectivity index (χ3n) is 4.71. The van der Waals surface area contributed by atoms with Crippen molar-refractivity contribution < 1.29 is 9.53 Å². The number of anilines is 1. The molecule has 0 spiro atoms. The van der Waals surface area contributed by atoms with Gasteiger partial charge in [0, 0.05) is 22.9 Å². The van der Waals surface area contributed by atoms with E-state index < -0.39 is 0 Å². The Kier molecular flexibility index (Phi) is 6.09. The van der Waals surface area contributed by atoms with Gasteiger partial charge < -0.3 is 15.0 Å². The monoisotopic (exact) mass is 396 g/mol. The van der Waals surface area contributed by atoms with Crippen molar-refractivity contribution in [1.82, 2.24) is 4.98 Å². The molecule has 1 aromatic heterocycles. The lowest BCUT2D eigenvalue weighted by molar-refractivity contribution is -0.113. The van der Waals surface area contributed by atoms with E-state index in [4.69, 9.17) is 4.74 Å². The Morgan fingerprint density at radius 2 is 1.93 bits per heavy atom. The Morgan fingerprint density at radius 1 is 1.14 bits per heavy atom. The number of H-pyrrole nitrogens is 1. The van der Waals surface area contributed by atoms with Crippen LogP contribution in [0.5, 0.6) is 5.75 Å². The molecule has 2 aromatic carbocycles.